The molecule has 0 aromatic heterocycles. The Kier molecular flexibility index (Phi) is 15.4. The van der Waals surface area contributed by atoms with E-state index in [1.807, 2.05) is 0 Å². The second-order valence-electron chi connectivity index (χ2n) is 6.60. The Morgan fingerprint density at radius 3 is 1.67 bits per heavy atom. The molecule has 0 saturated carbocycles. The minimum Gasteiger partial charge on any atom is -0.394 e. The van der Waals surface area contributed by atoms with E-state index in [2.05, 4.69) is 51.2 Å². The molecule has 0 aliphatic heterocycles. The van der Waals surface area contributed by atoms with Crippen molar-refractivity contribution in [3.05, 3.63) is 0 Å². The smallest absolute Gasteiger partial charge is 0.334 e. The molecule has 0 rings (SSSR count). The standard InChI is InChI=1S/C15H36O2SSi2.H4Si/c1-7-9-12-16-20(6,17-13-10-8-2)15-11-14-18-19(3,4)5;/h7-15H2,1-6H3;1H4. The van der Waals surface area contributed by atoms with Crippen LogP contribution in [0.5, 0.6) is 0 Å². The molecule has 0 unspecified atom stereocenters. The Bertz CT molecular complexity index is 225. The van der Waals surface area contributed by atoms with Crippen LogP contribution in [-0.4, -0.2) is 45.7 Å². The van der Waals surface area contributed by atoms with Gasteiger partial charge in [-0.25, -0.2) is 0 Å². The van der Waals surface area contributed by atoms with E-state index in [0.29, 0.717) is 0 Å². The molecule has 130 valence electrons. The lowest BCUT2D eigenvalue weighted by atomic mass is 10.4. The van der Waals surface area contributed by atoms with E-state index >= 15 is 0 Å². The highest BCUT2D eigenvalue weighted by molar-refractivity contribution is 8.28. The number of hydrogen-bond donors (Lipinski definition) is 0. The minimum atomic E-state index is -1.92. The van der Waals surface area contributed by atoms with Gasteiger partial charge in [-0.15, -0.1) is 0 Å². The van der Waals surface area contributed by atoms with Crippen molar-refractivity contribution in [2.24, 2.45) is 0 Å². The molecule has 0 N–H and O–H groups in total. The van der Waals surface area contributed by atoms with Crippen LogP contribution in [0.25, 0.3) is 0 Å². The Morgan fingerprint density at radius 1 is 0.810 bits per heavy atom. The first kappa shape index (κ1) is 24.2. The summed E-state index contributed by atoms with van der Waals surface area (Å²) in [5, 5.41) is 0. The lowest BCUT2D eigenvalue weighted by Crippen LogP contribution is -2.39. The average molecular weight is 369 g/mol. The summed E-state index contributed by atoms with van der Waals surface area (Å²) in [6.07, 6.45) is 5.96. The third-order valence-electron chi connectivity index (χ3n) is 3.12. The topological polar surface area (TPSA) is 18.5 Å². The third-order valence-corrected chi connectivity index (χ3v) is 10.6. The lowest BCUT2D eigenvalue weighted by molar-refractivity contribution is 0.168. The van der Waals surface area contributed by atoms with E-state index in [0.717, 1.165) is 32.1 Å². The van der Waals surface area contributed by atoms with E-state index in [4.69, 9.17) is 8.85 Å². The van der Waals surface area contributed by atoms with Gasteiger partial charge in [-0.05, 0) is 48.6 Å². The van der Waals surface area contributed by atoms with Gasteiger partial charge in [-0.2, -0.15) is 11.2 Å². The summed E-state index contributed by atoms with van der Waals surface area (Å²) in [6.45, 7) is 15.7. The van der Waals surface area contributed by atoms with Gasteiger partial charge in [0, 0.05) is 13.2 Å². The fourth-order valence-electron chi connectivity index (χ4n) is 1.82. The van der Waals surface area contributed by atoms with Crippen molar-refractivity contribution in [2.75, 3.05) is 19.0 Å². The van der Waals surface area contributed by atoms with Crippen LogP contribution in [0.1, 0.15) is 46.0 Å². The molecule has 0 radical (unpaired) electrons. The van der Waals surface area contributed by atoms with Crippen molar-refractivity contribution < 1.29 is 8.85 Å². The molecular weight excluding hydrogens is 328 g/mol. The highest BCUT2D eigenvalue weighted by atomic mass is 32.4. The zero-order valence-corrected chi connectivity index (χ0v) is 17.4. The van der Waals surface area contributed by atoms with Crippen LogP contribution in [0, 0.1) is 0 Å². The van der Waals surface area contributed by atoms with E-state index < -0.39 is 15.8 Å². The van der Waals surface area contributed by atoms with E-state index in [9.17, 15) is 0 Å². The van der Waals surface area contributed by atoms with Gasteiger partial charge < -0.3 is 8.85 Å². The summed E-state index contributed by atoms with van der Waals surface area (Å²) < 4.78 is 12.3. The molecule has 0 fully saturated rings. The van der Waals surface area contributed by atoms with Crippen LogP contribution >= 0.6 is 11.2 Å². The van der Waals surface area contributed by atoms with Crippen molar-refractivity contribution in [1.82, 2.24) is 0 Å². The van der Waals surface area contributed by atoms with Crippen molar-refractivity contribution in [3.8, 4) is 0 Å². The first-order valence-electron chi connectivity index (χ1n) is 8.25. The molecule has 2 nitrogen and oxygen atoms in total. The lowest BCUT2D eigenvalue weighted by Gasteiger charge is -2.27. The first-order chi connectivity index (χ1) is 9.33. The number of hydrogen-bond acceptors (Lipinski definition) is 3. The van der Waals surface area contributed by atoms with Crippen molar-refractivity contribution in [2.45, 2.75) is 78.2 Å². The normalized spacial score (nSPS) is 12.3. The van der Waals surface area contributed by atoms with Gasteiger partial charge in [-0.1, -0.05) is 46.3 Å². The fraction of sp³-hybridized carbons (Fsp3) is 1.00. The predicted octanol–water partition coefficient (Wildman–Crippen LogP) is 4.20. The van der Waals surface area contributed by atoms with Crippen LogP contribution in [0.15, 0.2) is 0 Å². The van der Waals surface area contributed by atoms with E-state index in [-0.39, 0.29) is 11.0 Å². The number of rotatable bonds is 13. The molecule has 0 amide bonds. The maximum atomic E-state index is 6.17. The second-order valence-corrected chi connectivity index (χ2v) is 19.4. The molecule has 0 heterocycles. The third kappa shape index (κ3) is 15.6. The fourth-order valence-corrected chi connectivity index (χ4v) is 7.59. The molecule has 0 aromatic carbocycles. The van der Waals surface area contributed by atoms with Gasteiger partial charge in [0.25, 0.3) is 0 Å². The van der Waals surface area contributed by atoms with Gasteiger partial charge in [0.2, 0.25) is 0 Å². The summed E-state index contributed by atoms with van der Waals surface area (Å²) in [5.41, 5.74) is 0. The monoisotopic (exact) mass is 368 g/mol. The van der Waals surface area contributed by atoms with Crippen molar-refractivity contribution in [3.63, 3.8) is 0 Å². The summed E-state index contributed by atoms with van der Waals surface area (Å²) in [5.74, 6) is 1.27. The summed E-state index contributed by atoms with van der Waals surface area (Å²) in [7, 11) is -2.88. The molecule has 0 aromatic rings. The van der Waals surface area contributed by atoms with Crippen molar-refractivity contribution >= 4 is 38.0 Å². The second kappa shape index (κ2) is 13.4. The minimum absolute atomic E-state index is 0. The molecule has 0 bridgehead atoms. The quantitative estimate of drug-likeness (QED) is 0.358. The predicted molar refractivity (Wildman–Crippen MR) is 110 cm³/mol. The molecule has 0 saturated heterocycles. The summed E-state index contributed by atoms with van der Waals surface area (Å²) >= 11 is 2.18. The van der Waals surface area contributed by atoms with Gasteiger partial charge >= 0.3 is 8.56 Å². The average Bonchev–Trinajstić information content (AvgIpc) is 2.35. The Balaban J connectivity index is 0. The zero-order chi connectivity index (χ0) is 15.5. The van der Waals surface area contributed by atoms with E-state index in [1.54, 1.807) is 0 Å². The van der Waals surface area contributed by atoms with E-state index in [1.165, 1.54) is 25.0 Å². The van der Waals surface area contributed by atoms with Gasteiger partial charge in [-0.3, -0.25) is 0 Å². The van der Waals surface area contributed by atoms with Crippen LogP contribution in [0.3, 0.4) is 0 Å². The summed E-state index contributed by atoms with van der Waals surface area (Å²) in [6, 6.07) is 1.15. The molecule has 6 heteroatoms. The molecule has 0 atom stereocenters. The highest BCUT2D eigenvalue weighted by Crippen LogP contribution is 2.24. The van der Waals surface area contributed by atoms with Crippen molar-refractivity contribution in [1.29, 1.82) is 0 Å². The number of unbranched alkanes of at least 4 members (excludes halogenated alkanes) is 2. The highest BCUT2D eigenvalue weighted by Gasteiger charge is 2.30. The maximum Gasteiger partial charge on any atom is 0.334 e. The van der Waals surface area contributed by atoms with Crippen LogP contribution in [-0.2, 0) is 8.85 Å². The van der Waals surface area contributed by atoms with Gasteiger partial charge in [0.1, 0.15) is 7.22 Å². The Hall–Kier alpha value is 0.921. The first-order valence-corrected chi connectivity index (χ1v) is 16.0. The Labute approximate surface area is 144 Å². The zero-order valence-electron chi connectivity index (χ0n) is 14.6. The molecular formula is C15H40O2SSi3. The van der Waals surface area contributed by atoms with Gasteiger partial charge in [0.05, 0.1) is 0 Å². The summed E-state index contributed by atoms with van der Waals surface area (Å²) in [4.78, 5) is 0. The SMILES string of the molecule is CCCCO[Si](C)(CCCS[Si](C)(C)C)OCCCC.[SiH4]. The molecule has 0 aliphatic rings. The van der Waals surface area contributed by atoms with Crippen LogP contribution in [0.4, 0.5) is 0 Å². The molecule has 0 aliphatic carbocycles. The van der Waals surface area contributed by atoms with Crippen LogP contribution < -0.4 is 0 Å². The molecule has 0 spiro atoms. The van der Waals surface area contributed by atoms with Gasteiger partial charge in [0.15, 0.2) is 0 Å². The maximum absolute atomic E-state index is 6.17. The largest absolute Gasteiger partial charge is 0.394 e. The Morgan fingerprint density at radius 2 is 1.29 bits per heavy atom. The molecule has 21 heavy (non-hydrogen) atoms. The van der Waals surface area contributed by atoms with Crippen LogP contribution in [0.2, 0.25) is 32.2 Å².